The predicted octanol–water partition coefficient (Wildman–Crippen LogP) is 3.30. The molecule has 3 N–H and O–H groups in total. The van der Waals surface area contributed by atoms with Gasteiger partial charge in [-0.05, 0) is 55.5 Å². The first-order chi connectivity index (χ1) is 15.6. The molecule has 1 unspecified atom stereocenters. The number of aliphatic imine (C=N–C) groups is 1. The van der Waals surface area contributed by atoms with Crippen LogP contribution in [0.4, 0.5) is 5.69 Å². The fraction of sp³-hybridized carbons (Fsp3) is 0.440. The molecule has 0 spiro atoms. The second kappa shape index (κ2) is 13.9. The van der Waals surface area contributed by atoms with Crippen molar-refractivity contribution in [1.82, 2.24) is 16.0 Å². The van der Waals surface area contributed by atoms with E-state index in [1.807, 2.05) is 36.4 Å². The Kier molecular flexibility index (Phi) is 11.3. The smallest absolute Gasteiger partial charge is 0.251 e. The predicted molar refractivity (Wildman–Crippen MR) is 146 cm³/mol. The Morgan fingerprint density at radius 1 is 1.18 bits per heavy atom. The number of hydrogen-bond donors (Lipinski definition) is 3. The Labute approximate surface area is 214 Å². The number of hydrogen-bond acceptors (Lipinski definition) is 4. The molecule has 1 saturated heterocycles. The molecule has 1 fully saturated rings. The lowest BCUT2D eigenvalue weighted by Gasteiger charge is -2.21. The van der Waals surface area contributed by atoms with Gasteiger partial charge in [0, 0.05) is 45.3 Å². The maximum Gasteiger partial charge on any atom is 0.251 e. The van der Waals surface area contributed by atoms with Gasteiger partial charge in [0.25, 0.3) is 5.91 Å². The van der Waals surface area contributed by atoms with Gasteiger partial charge < -0.3 is 25.6 Å². The number of methoxy groups -OCH3 is 1. The van der Waals surface area contributed by atoms with Gasteiger partial charge in [-0.1, -0.05) is 24.3 Å². The first-order valence-electron chi connectivity index (χ1n) is 11.4. The minimum atomic E-state index is -0.0616. The summed E-state index contributed by atoms with van der Waals surface area (Å²) in [6.07, 6.45) is 1.94. The fourth-order valence-corrected chi connectivity index (χ4v) is 3.99. The standard InChI is InChI=1S/C25H35N5O2.HI/c1-4-27-25(28-14-12-19-8-7-9-21(16-19)24(31)26-2)29-17-20-13-15-30(18-20)22-10-5-6-11-23(22)32-3;/h5-11,16,20H,4,12-15,17-18H2,1-3H3,(H,26,31)(H2,27,28,29);1H. The Balaban J connectivity index is 0.00000385. The summed E-state index contributed by atoms with van der Waals surface area (Å²) < 4.78 is 5.52. The van der Waals surface area contributed by atoms with E-state index < -0.39 is 0 Å². The van der Waals surface area contributed by atoms with Gasteiger partial charge >= 0.3 is 0 Å². The summed E-state index contributed by atoms with van der Waals surface area (Å²) in [7, 11) is 3.37. The maximum absolute atomic E-state index is 11.8. The van der Waals surface area contributed by atoms with Gasteiger partial charge in [0.2, 0.25) is 0 Å². The average molecular weight is 566 g/mol. The number of anilines is 1. The van der Waals surface area contributed by atoms with E-state index in [1.165, 1.54) is 0 Å². The lowest BCUT2D eigenvalue weighted by Crippen LogP contribution is -2.38. The highest BCUT2D eigenvalue weighted by molar-refractivity contribution is 14.0. The molecule has 2 aromatic rings. The topological polar surface area (TPSA) is 78.0 Å². The Hall–Kier alpha value is -2.49. The van der Waals surface area contributed by atoms with Crippen molar-refractivity contribution in [2.45, 2.75) is 19.8 Å². The molecule has 8 heteroatoms. The number of guanidine groups is 1. The molecule has 0 aliphatic carbocycles. The Bertz CT molecular complexity index is 921. The van der Waals surface area contributed by atoms with E-state index in [9.17, 15) is 4.79 Å². The van der Waals surface area contributed by atoms with Crippen LogP contribution in [-0.4, -0.2) is 58.7 Å². The molecule has 0 bridgehead atoms. The highest BCUT2D eigenvalue weighted by atomic mass is 127. The molecule has 7 nitrogen and oxygen atoms in total. The normalized spacial score (nSPS) is 15.5. The third-order valence-corrected chi connectivity index (χ3v) is 5.69. The monoisotopic (exact) mass is 565 g/mol. The molecule has 33 heavy (non-hydrogen) atoms. The van der Waals surface area contributed by atoms with Gasteiger partial charge in [0.15, 0.2) is 5.96 Å². The Morgan fingerprint density at radius 2 is 2.00 bits per heavy atom. The fourth-order valence-electron chi connectivity index (χ4n) is 3.99. The SMILES string of the molecule is CCNC(=NCC1CCN(c2ccccc2OC)C1)NCCc1cccc(C(=O)NC)c1.I. The molecular formula is C25H36IN5O2. The third-order valence-electron chi connectivity index (χ3n) is 5.69. The van der Waals surface area contributed by atoms with Crippen molar-refractivity contribution in [3.8, 4) is 5.75 Å². The van der Waals surface area contributed by atoms with Gasteiger partial charge in [-0.15, -0.1) is 24.0 Å². The van der Waals surface area contributed by atoms with Gasteiger partial charge in [-0.2, -0.15) is 0 Å². The number of para-hydroxylation sites is 2. The molecular weight excluding hydrogens is 529 g/mol. The second-order valence-electron chi connectivity index (χ2n) is 7.95. The van der Waals surface area contributed by atoms with Gasteiger partial charge in [-0.3, -0.25) is 9.79 Å². The van der Waals surface area contributed by atoms with Crippen molar-refractivity contribution in [3.05, 3.63) is 59.7 Å². The summed E-state index contributed by atoms with van der Waals surface area (Å²) in [4.78, 5) is 19.0. The molecule has 1 aliphatic heterocycles. The van der Waals surface area contributed by atoms with Gasteiger partial charge in [-0.25, -0.2) is 0 Å². The zero-order chi connectivity index (χ0) is 22.8. The van der Waals surface area contributed by atoms with E-state index in [0.717, 1.165) is 68.5 Å². The van der Waals surface area contributed by atoms with Crippen molar-refractivity contribution in [2.24, 2.45) is 10.9 Å². The number of nitrogens with one attached hydrogen (secondary N) is 3. The van der Waals surface area contributed by atoms with Crippen molar-refractivity contribution in [2.75, 3.05) is 51.8 Å². The molecule has 2 aromatic carbocycles. The van der Waals surface area contributed by atoms with Crippen LogP contribution in [0.5, 0.6) is 5.75 Å². The first kappa shape index (κ1) is 26.8. The van der Waals surface area contributed by atoms with Crippen molar-refractivity contribution < 1.29 is 9.53 Å². The van der Waals surface area contributed by atoms with Crippen molar-refractivity contribution in [1.29, 1.82) is 0 Å². The lowest BCUT2D eigenvalue weighted by atomic mass is 10.1. The van der Waals surface area contributed by atoms with Crippen LogP contribution < -0.4 is 25.6 Å². The van der Waals surface area contributed by atoms with Crippen LogP contribution in [0.25, 0.3) is 0 Å². The summed E-state index contributed by atoms with van der Waals surface area (Å²) in [6, 6.07) is 15.9. The minimum Gasteiger partial charge on any atom is -0.495 e. The summed E-state index contributed by atoms with van der Waals surface area (Å²) >= 11 is 0. The molecule has 1 amide bonds. The number of benzene rings is 2. The van der Waals surface area contributed by atoms with Crippen LogP contribution in [0.3, 0.4) is 0 Å². The maximum atomic E-state index is 11.8. The third kappa shape index (κ3) is 7.80. The molecule has 3 rings (SSSR count). The second-order valence-corrected chi connectivity index (χ2v) is 7.95. The lowest BCUT2D eigenvalue weighted by molar-refractivity contribution is 0.0963. The quantitative estimate of drug-likeness (QED) is 0.247. The Morgan fingerprint density at radius 3 is 2.76 bits per heavy atom. The molecule has 0 radical (unpaired) electrons. The van der Waals surface area contributed by atoms with Crippen LogP contribution in [-0.2, 0) is 6.42 Å². The highest BCUT2D eigenvalue weighted by Crippen LogP contribution is 2.31. The first-order valence-corrected chi connectivity index (χ1v) is 11.4. The number of nitrogens with zero attached hydrogens (tertiary/aromatic N) is 2. The molecule has 180 valence electrons. The summed E-state index contributed by atoms with van der Waals surface area (Å²) in [5, 5.41) is 9.42. The van der Waals surface area contributed by atoms with E-state index in [4.69, 9.17) is 9.73 Å². The van der Waals surface area contributed by atoms with E-state index in [2.05, 4.69) is 39.9 Å². The summed E-state index contributed by atoms with van der Waals surface area (Å²) in [5.74, 6) is 2.21. The van der Waals surface area contributed by atoms with E-state index in [-0.39, 0.29) is 29.9 Å². The van der Waals surface area contributed by atoms with Crippen LogP contribution >= 0.6 is 24.0 Å². The molecule has 0 saturated carbocycles. The number of ether oxygens (including phenoxy) is 1. The number of rotatable bonds is 9. The molecule has 1 atom stereocenters. The number of halogens is 1. The van der Waals surface area contributed by atoms with Gasteiger partial charge in [0.1, 0.15) is 5.75 Å². The summed E-state index contributed by atoms with van der Waals surface area (Å²) in [5.41, 5.74) is 2.97. The summed E-state index contributed by atoms with van der Waals surface area (Å²) in [6.45, 7) is 6.43. The largest absolute Gasteiger partial charge is 0.495 e. The zero-order valence-corrected chi connectivity index (χ0v) is 22.1. The number of amides is 1. The number of carbonyl (C=O) groups excluding carboxylic acids is 1. The molecule has 1 heterocycles. The average Bonchev–Trinajstić information content (AvgIpc) is 3.31. The molecule has 0 aromatic heterocycles. The van der Waals surface area contributed by atoms with Crippen LogP contribution in [0.15, 0.2) is 53.5 Å². The minimum absolute atomic E-state index is 0. The van der Waals surface area contributed by atoms with Crippen molar-refractivity contribution >= 4 is 41.5 Å². The van der Waals surface area contributed by atoms with Crippen LogP contribution in [0, 0.1) is 5.92 Å². The molecule has 1 aliphatic rings. The van der Waals surface area contributed by atoms with E-state index >= 15 is 0 Å². The zero-order valence-electron chi connectivity index (χ0n) is 19.8. The van der Waals surface area contributed by atoms with Crippen LogP contribution in [0.2, 0.25) is 0 Å². The van der Waals surface area contributed by atoms with E-state index in [1.54, 1.807) is 14.2 Å². The van der Waals surface area contributed by atoms with E-state index in [0.29, 0.717) is 11.5 Å². The highest BCUT2D eigenvalue weighted by Gasteiger charge is 2.24. The van der Waals surface area contributed by atoms with Crippen molar-refractivity contribution in [3.63, 3.8) is 0 Å². The van der Waals surface area contributed by atoms with Crippen LogP contribution in [0.1, 0.15) is 29.3 Å². The van der Waals surface area contributed by atoms with Gasteiger partial charge in [0.05, 0.1) is 12.8 Å². The number of carbonyl (C=O) groups is 1.